The van der Waals surface area contributed by atoms with E-state index < -0.39 is 0 Å². The fraction of sp³-hybridized carbons (Fsp3) is 0.368. The zero-order chi connectivity index (χ0) is 17.4. The molecule has 0 fully saturated rings. The van der Waals surface area contributed by atoms with Gasteiger partial charge in [-0.2, -0.15) is 0 Å². The molecule has 24 heavy (non-hydrogen) atoms. The molecule has 0 aliphatic heterocycles. The lowest BCUT2D eigenvalue weighted by atomic mass is 10.1. The third-order valence-electron chi connectivity index (χ3n) is 3.89. The third-order valence-corrected chi connectivity index (χ3v) is 3.89. The van der Waals surface area contributed by atoms with Crippen LogP contribution in [0.1, 0.15) is 36.2 Å². The Morgan fingerprint density at radius 1 is 1.21 bits per heavy atom. The van der Waals surface area contributed by atoms with Gasteiger partial charge in [-0.15, -0.1) is 0 Å². The Balaban J connectivity index is 1.81. The van der Waals surface area contributed by atoms with Crippen molar-refractivity contribution in [3.05, 3.63) is 53.7 Å². The van der Waals surface area contributed by atoms with Gasteiger partial charge in [0.25, 0.3) is 5.91 Å². The number of anilines is 1. The summed E-state index contributed by atoms with van der Waals surface area (Å²) < 4.78 is 5.15. The summed E-state index contributed by atoms with van der Waals surface area (Å²) in [7, 11) is 1.66. The van der Waals surface area contributed by atoms with Crippen molar-refractivity contribution in [2.24, 2.45) is 0 Å². The second-order valence-electron chi connectivity index (χ2n) is 5.74. The first-order valence-corrected chi connectivity index (χ1v) is 8.26. The van der Waals surface area contributed by atoms with Crippen LogP contribution in [-0.2, 0) is 6.42 Å². The van der Waals surface area contributed by atoms with Gasteiger partial charge in [0, 0.05) is 18.8 Å². The third kappa shape index (κ3) is 5.26. The smallest absolute Gasteiger partial charge is 0.253 e. The first kappa shape index (κ1) is 17.8. The van der Waals surface area contributed by atoms with E-state index in [2.05, 4.69) is 27.8 Å². The van der Waals surface area contributed by atoms with Crippen LogP contribution in [0.3, 0.4) is 0 Å². The highest BCUT2D eigenvalue weighted by atomic mass is 16.5. The second kappa shape index (κ2) is 8.91. The number of carbonyl (C=O) groups is 1. The fourth-order valence-corrected chi connectivity index (χ4v) is 2.17. The van der Waals surface area contributed by atoms with Crippen molar-refractivity contribution in [2.75, 3.05) is 19.0 Å². The second-order valence-corrected chi connectivity index (χ2v) is 5.74. The van der Waals surface area contributed by atoms with E-state index in [0.717, 1.165) is 31.0 Å². The average Bonchev–Trinajstić information content (AvgIpc) is 2.62. The average molecular weight is 327 g/mol. The minimum Gasteiger partial charge on any atom is -0.497 e. The number of pyridine rings is 1. The lowest BCUT2D eigenvalue weighted by molar-refractivity contribution is 0.0939. The van der Waals surface area contributed by atoms with Gasteiger partial charge >= 0.3 is 0 Å². The summed E-state index contributed by atoms with van der Waals surface area (Å²) in [6.07, 6.45) is 3.40. The summed E-state index contributed by atoms with van der Waals surface area (Å²) in [5.74, 6) is 1.55. The van der Waals surface area contributed by atoms with Gasteiger partial charge in [0.15, 0.2) is 0 Å². The van der Waals surface area contributed by atoms with Crippen molar-refractivity contribution in [2.45, 2.75) is 32.7 Å². The van der Waals surface area contributed by atoms with Gasteiger partial charge in [-0.25, -0.2) is 4.98 Å². The van der Waals surface area contributed by atoms with Crippen molar-refractivity contribution in [1.82, 2.24) is 10.3 Å². The number of benzene rings is 1. The molecule has 1 aromatic carbocycles. The molecular weight excluding hydrogens is 302 g/mol. The van der Waals surface area contributed by atoms with Crippen molar-refractivity contribution in [3.8, 4) is 5.75 Å². The highest BCUT2D eigenvalue weighted by Gasteiger charge is 2.08. The van der Waals surface area contributed by atoms with E-state index in [1.54, 1.807) is 19.4 Å². The zero-order valence-corrected chi connectivity index (χ0v) is 14.5. The van der Waals surface area contributed by atoms with Crippen LogP contribution in [-0.4, -0.2) is 30.6 Å². The highest BCUT2D eigenvalue weighted by Crippen LogP contribution is 2.12. The number of aromatic nitrogens is 1. The summed E-state index contributed by atoms with van der Waals surface area (Å²) in [4.78, 5) is 16.3. The largest absolute Gasteiger partial charge is 0.497 e. The van der Waals surface area contributed by atoms with E-state index in [1.165, 1.54) is 5.56 Å². The summed E-state index contributed by atoms with van der Waals surface area (Å²) in [6.45, 7) is 4.80. The molecule has 0 saturated carbocycles. The Hall–Kier alpha value is -2.56. The number of nitrogens with zero attached hydrogens (tertiary/aromatic N) is 1. The molecule has 2 rings (SSSR count). The number of methoxy groups -OCH3 is 1. The molecular formula is C19H25N3O2. The SMILES string of the molecule is CCC(C)NC(=O)c1ccc(NCCc2ccc(OC)cc2)nc1. The molecule has 5 nitrogen and oxygen atoms in total. The number of carbonyl (C=O) groups excluding carboxylic acids is 1. The van der Waals surface area contributed by atoms with Crippen LogP contribution in [0.4, 0.5) is 5.82 Å². The molecule has 0 saturated heterocycles. The minimum absolute atomic E-state index is 0.0818. The van der Waals surface area contributed by atoms with Crippen molar-refractivity contribution in [3.63, 3.8) is 0 Å². The van der Waals surface area contributed by atoms with Crippen LogP contribution < -0.4 is 15.4 Å². The monoisotopic (exact) mass is 327 g/mol. The van der Waals surface area contributed by atoms with Gasteiger partial charge in [-0.3, -0.25) is 4.79 Å². The van der Waals surface area contributed by atoms with E-state index in [0.29, 0.717) is 5.56 Å². The van der Waals surface area contributed by atoms with Gasteiger partial charge in [-0.05, 0) is 49.6 Å². The van der Waals surface area contributed by atoms with Crippen molar-refractivity contribution in [1.29, 1.82) is 0 Å². The zero-order valence-electron chi connectivity index (χ0n) is 14.5. The quantitative estimate of drug-likeness (QED) is 0.781. The van der Waals surface area contributed by atoms with E-state index >= 15 is 0 Å². The summed E-state index contributed by atoms with van der Waals surface area (Å²) in [5.41, 5.74) is 1.81. The fourth-order valence-electron chi connectivity index (χ4n) is 2.17. The topological polar surface area (TPSA) is 63.2 Å². The van der Waals surface area contributed by atoms with Gasteiger partial charge in [0.2, 0.25) is 0 Å². The molecule has 2 aromatic rings. The number of hydrogen-bond acceptors (Lipinski definition) is 4. The molecule has 0 aliphatic rings. The maximum Gasteiger partial charge on any atom is 0.253 e. The van der Waals surface area contributed by atoms with Crippen LogP contribution in [0.2, 0.25) is 0 Å². The van der Waals surface area contributed by atoms with Crippen LogP contribution >= 0.6 is 0 Å². The van der Waals surface area contributed by atoms with Gasteiger partial charge < -0.3 is 15.4 Å². The van der Waals surface area contributed by atoms with Crippen LogP contribution in [0.5, 0.6) is 5.75 Å². The maximum atomic E-state index is 12.0. The van der Waals surface area contributed by atoms with Gasteiger partial charge in [0.1, 0.15) is 11.6 Å². The summed E-state index contributed by atoms with van der Waals surface area (Å²) in [6, 6.07) is 11.8. The summed E-state index contributed by atoms with van der Waals surface area (Å²) >= 11 is 0. The van der Waals surface area contributed by atoms with E-state index in [1.807, 2.05) is 32.0 Å². The first-order valence-electron chi connectivity index (χ1n) is 8.26. The van der Waals surface area contributed by atoms with Gasteiger partial charge in [0.05, 0.1) is 12.7 Å². The van der Waals surface area contributed by atoms with E-state index in [-0.39, 0.29) is 11.9 Å². The molecule has 1 atom stereocenters. The molecule has 1 amide bonds. The number of hydrogen-bond donors (Lipinski definition) is 2. The molecule has 1 aromatic heterocycles. The molecule has 128 valence electrons. The standard InChI is InChI=1S/C19H25N3O2/c1-4-14(2)22-19(23)16-7-10-18(21-13-16)20-12-11-15-5-8-17(24-3)9-6-15/h5-10,13-14H,4,11-12H2,1-3H3,(H,20,21)(H,22,23). The lowest BCUT2D eigenvalue weighted by Gasteiger charge is -2.11. The molecule has 0 spiro atoms. The van der Waals surface area contributed by atoms with Gasteiger partial charge in [-0.1, -0.05) is 19.1 Å². The predicted octanol–water partition coefficient (Wildman–Crippen LogP) is 3.27. The molecule has 0 radical (unpaired) electrons. The lowest BCUT2D eigenvalue weighted by Crippen LogP contribution is -2.31. The Morgan fingerprint density at radius 2 is 1.96 bits per heavy atom. The maximum absolute atomic E-state index is 12.0. The number of nitrogens with one attached hydrogen (secondary N) is 2. The van der Waals surface area contributed by atoms with E-state index in [4.69, 9.17) is 4.74 Å². The molecule has 5 heteroatoms. The number of ether oxygens (including phenoxy) is 1. The Labute approximate surface area is 143 Å². The predicted molar refractivity (Wildman–Crippen MR) is 96.6 cm³/mol. The first-order chi connectivity index (χ1) is 11.6. The normalized spacial score (nSPS) is 11.6. The van der Waals surface area contributed by atoms with Crippen molar-refractivity contribution >= 4 is 11.7 Å². The number of rotatable bonds is 8. The van der Waals surface area contributed by atoms with Crippen LogP contribution in [0.25, 0.3) is 0 Å². The molecule has 1 heterocycles. The number of amides is 1. The van der Waals surface area contributed by atoms with Crippen LogP contribution in [0.15, 0.2) is 42.6 Å². The van der Waals surface area contributed by atoms with Crippen molar-refractivity contribution < 1.29 is 9.53 Å². The Morgan fingerprint density at radius 3 is 2.54 bits per heavy atom. The molecule has 0 bridgehead atoms. The summed E-state index contributed by atoms with van der Waals surface area (Å²) in [5, 5.41) is 6.20. The molecule has 2 N–H and O–H groups in total. The van der Waals surface area contributed by atoms with E-state index in [9.17, 15) is 4.79 Å². The van der Waals surface area contributed by atoms with Crippen LogP contribution in [0, 0.1) is 0 Å². The molecule has 0 aliphatic carbocycles. The minimum atomic E-state index is -0.0818. The highest BCUT2D eigenvalue weighted by molar-refractivity contribution is 5.94. The molecule has 1 unspecified atom stereocenters. The Bertz CT molecular complexity index is 639. The Kier molecular flexibility index (Phi) is 6.61.